The molecule has 0 spiro atoms. The van der Waals surface area contributed by atoms with E-state index in [9.17, 15) is 0 Å². The molecule has 3 rings (SSSR count). The smallest absolute Gasteiger partial charge is 0.163 e. The summed E-state index contributed by atoms with van der Waals surface area (Å²) >= 11 is 16.0. The number of benzene rings is 3. The molecule has 3 nitrogen and oxygen atoms in total. The van der Waals surface area contributed by atoms with Gasteiger partial charge in [-0.25, -0.2) is 0 Å². The van der Waals surface area contributed by atoms with Crippen molar-refractivity contribution in [2.24, 2.45) is 0 Å². The maximum Gasteiger partial charge on any atom is 0.163 e. The average molecular weight is 481 g/mol. The molecule has 6 heteroatoms. The summed E-state index contributed by atoms with van der Waals surface area (Å²) < 4.78 is 12.8. The van der Waals surface area contributed by atoms with Crippen LogP contribution in [0.1, 0.15) is 18.1 Å². The lowest BCUT2D eigenvalue weighted by Crippen LogP contribution is -2.04. The first-order valence-corrected chi connectivity index (χ1v) is 10.4. The largest absolute Gasteiger partial charge is 0.490 e. The molecule has 0 amide bonds. The van der Waals surface area contributed by atoms with Gasteiger partial charge in [-0.15, -0.1) is 0 Å². The Labute approximate surface area is 183 Å². The van der Waals surface area contributed by atoms with Crippen molar-refractivity contribution < 1.29 is 9.47 Å². The molecule has 0 radical (unpaired) electrons. The first kappa shape index (κ1) is 20.8. The maximum absolute atomic E-state index is 6.50. The molecule has 0 bridgehead atoms. The van der Waals surface area contributed by atoms with E-state index >= 15 is 0 Å². The van der Waals surface area contributed by atoms with Gasteiger partial charge < -0.3 is 14.8 Å². The maximum atomic E-state index is 6.50. The normalized spacial score (nSPS) is 10.6. The van der Waals surface area contributed by atoms with E-state index in [4.69, 9.17) is 32.7 Å². The molecule has 0 atom stereocenters. The lowest BCUT2D eigenvalue weighted by atomic mass is 10.2. The average Bonchev–Trinajstić information content (AvgIpc) is 2.68. The molecule has 3 aromatic rings. The molecule has 0 saturated carbocycles. The van der Waals surface area contributed by atoms with Gasteiger partial charge in [0, 0.05) is 32.8 Å². The molecule has 0 aromatic heterocycles. The number of halogens is 3. The molecule has 3 aromatic carbocycles. The summed E-state index contributed by atoms with van der Waals surface area (Å²) in [6.07, 6.45) is 0. The summed E-state index contributed by atoms with van der Waals surface area (Å²) in [4.78, 5) is 0. The standard InChI is InChI=1S/C22H20BrCl2NO2/c1-2-27-21-11-16(13-26-19-8-6-17(23)7-9-19)20(25)12-22(21)28-14-15-4-3-5-18(24)10-15/h3-12,26H,2,13-14H2,1H3. The number of hydrogen-bond donors (Lipinski definition) is 1. The van der Waals surface area contributed by atoms with Gasteiger partial charge in [0.05, 0.1) is 6.61 Å². The second kappa shape index (κ2) is 10.1. The van der Waals surface area contributed by atoms with Gasteiger partial charge in [0.15, 0.2) is 11.5 Å². The van der Waals surface area contributed by atoms with Crippen molar-refractivity contribution in [2.75, 3.05) is 11.9 Å². The highest BCUT2D eigenvalue weighted by atomic mass is 79.9. The van der Waals surface area contributed by atoms with E-state index in [1.807, 2.05) is 61.5 Å². The minimum Gasteiger partial charge on any atom is -0.490 e. The minimum atomic E-state index is 0.382. The van der Waals surface area contributed by atoms with Crippen molar-refractivity contribution in [3.8, 4) is 11.5 Å². The monoisotopic (exact) mass is 479 g/mol. The van der Waals surface area contributed by atoms with Crippen LogP contribution in [0.3, 0.4) is 0 Å². The van der Waals surface area contributed by atoms with E-state index in [1.165, 1.54) is 0 Å². The van der Waals surface area contributed by atoms with Crippen LogP contribution in [0.15, 0.2) is 65.1 Å². The van der Waals surface area contributed by atoms with Crippen LogP contribution in [0.2, 0.25) is 10.0 Å². The van der Waals surface area contributed by atoms with Crippen molar-refractivity contribution in [1.82, 2.24) is 0 Å². The fraction of sp³-hybridized carbons (Fsp3) is 0.182. The van der Waals surface area contributed by atoms with E-state index in [0.717, 1.165) is 21.3 Å². The Morgan fingerprint density at radius 1 is 0.929 bits per heavy atom. The van der Waals surface area contributed by atoms with Gasteiger partial charge in [-0.2, -0.15) is 0 Å². The first-order valence-electron chi connectivity index (χ1n) is 8.87. The molecule has 0 unspecified atom stereocenters. The van der Waals surface area contributed by atoms with Crippen molar-refractivity contribution >= 4 is 44.8 Å². The fourth-order valence-corrected chi connectivity index (χ4v) is 3.34. The summed E-state index contributed by atoms with van der Waals surface area (Å²) in [6, 6.07) is 19.3. The van der Waals surface area contributed by atoms with E-state index < -0.39 is 0 Å². The third kappa shape index (κ3) is 5.81. The third-order valence-corrected chi connectivity index (χ3v) is 5.14. The van der Waals surface area contributed by atoms with Crippen LogP contribution >= 0.6 is 39.1 Å². The molecule has 1 N–H and O–H groups in total. The second-order valence-corrected chi connectivity index (χ2v) is 7.86. The van der Waals surface area contributed by atoms with Crippen molar-refractivity contribution in [2.45, 2.75) is 20.1 Å². The number of ether oxygens (including phenoxy) is 2. The second-order valence-electron chi connectivity index (χ2n) is 6.10. The Morgan fingerprint density at radius 3 is 2.39 bits per heavy atom. The van der Waals surface area contributed by atoms with Gasteiger partial charge in [-0.3, -0.25) is 0 Å². The Morgan fingerprint density at radius 2 is 1.68 bits per heavy atom. The van der Waals surface area contributed by atoms with Crippen molar-refractivity contribution in [3.05, 3.63) is 86.3 Å². The Hall–Kier alpha value is -1.88. The lowest BCUT2D eigenvalue weighted by Gasteiger charge is -2.16. The van der Waals surface area contributed by atoms with Gasteiger partial charge in [-0.1, -0.05) is 51.3 Å². The predicted molar refractivity (Wildman–Crippen MR) is 120 cm³/mol. The highest BCUT2D eigenvalue weighted by molar-refractivity contribution is 9.10. The van der Waals surface area contributed by atoms with Gasteiger partial charge in [0.1, 0.15) is 6.61 Å². The van der Waals surface area contributed by atoms with Gasteiger partial charge in [0.2, 0.25) is 0 Å². The number of anilines is 1. The highest BCUT2D eigenvalue weighted by Crippen LogP contribution is 2.34. The summed E-state index contributed by atoms with van der Waals surface area (Å²) in [5, 5.41) is 4.66. The molecule has 0 heterocycles. The topological polar surface area (TPSA) is 30.5 Å². The van der Waals surface area contributed by atoms with E-state index in [-0.39, 0.29) is 0 Å². The van der Waals surface area contributed by atoms with Crippen LogP contribution in [0.25, 0.3) is 0 Å². The zero-order chi connectivity index (χ0) is 19.9. The molecule has 0 saturated heterocycles. The zero-order valence-electron chi connectivity index (χ0n) is 15.3. The quantitative estimate of drug-likeness (QED) is 0.365. The van der Waals surface area contributed by atoms with Gasteiger partial charge in [-0.05, 0) is 60.5 Å². The van der Waals surface area contributed by atoms with Crippen molar-refractivity contribution in [1.29, 1.82) is 0 Å². The zero-order valence-corrected chi connectivity index (χ0v) is 18.4. The number of nitrogens with one attached hydrogen (secondary N) is 1. The van der Waals surface area contributed by atoms with Crippen molar-refractivity contribution in [3.63, 3.8) is 0 Å². The summed E-state index contributed by atoms with van der Waals surface area (Å²) in [5.41, 5.74) is 2.92. The summed E-state index contributed by atoms with van der Waals surface area (Å²) in [5.74, 6) is 1.28. The van der Waals surface area contributed by atoms with E-state index in [1.54, 1.807) is 6.07 Å². The third-order valence-electron chi connectivity index (χ3n) is 4.02. The Kier molecular flexibility index (Phi) is 7.49. The SMILES string of the molecule is CCOc1cc(CNc2ccc(Br)cc2)c(Cl)cc1OCc1cccc(Cl)c1. The van der Waals surface area contributed by atoms with Crippen LogP contribution in [0.5, 0.6) is 11.5 Å². The summed E-state index contributed by atoms with van der Waals surface area (Å²) in [7, 11) is 0. The molecule has 0 aliphatic rings. The van der Waals surface area contributed by atoms with Gasteiger partial charge in [0.25, 0.3) is 0 Å². The Bertz CT molecular complexity index is 932. The van der Waals surface area contributed by atoms with E-state index in [0.29, 0.717) is 41.3 Å². The summed E-state index contributed by atoms with van der Waals surface area (Å²) in [6.45, 7) is 3.44. The first-order chi connectivity index (χ1) is 13.5. The lowest BCUT2D eigenvalue weighted by molar-refractivity contribution is 0.269. The molecule has 0 aliphatic carbocycles. The molecule has 0 aliphatic heterocycles. The molecule has 28 heavy (non-hydrogen) atoms. The fourth-order valence-electron chi connectivity index (χ4n) is 2.65. The van der Waals surface area contributed by atoms with Crippen LogP contribution in [0.4, 0.5) is 5.69 Å². The van der Waals surface area contributed by atoms with Crippen LogP contribution in [0, 0.1) is 0 Å². The number of hydrogen-bond acceptors (Lipinski definition) is 3. The van der Waals surface area contributed by atoms with E-state index in [2.05, 4.69) is 21.2 Å². The molecule has 0 fully saturated rings. The van der Waals surface area contributed by atoms with Gasteiger partial charge >= 0.3 is 0 Å². The number of rotatable bonds is 8. The molecule has 146 valence electrons. The van der Waals surface area contributed by atoms with Crippen LogP contribution < -0.4 is 14.8 Å². The van der Waals surface area contributed by atoms with Crippen LogP contribution in [-0.2, 0) is 13.2 Å². The molecular weight excluding hydrogens is 461 g/mol. The predicted octanol–water partition coefficient (Wildman–Crippen LogP) is 7.35. The highest BCUT2D eigenvalue weighted by Gasteiger charge is 2.12. The Balaban J connectivity index is 1.74. The molecular formula is C22H20BrCl2NO2. The minimum absolute atomic E-state index is 0.382. The van der Waals surface area contributed by atoms with Crippen LogP contribution in [-0.4, -0.2) is 6.61 Å².